The Balaban J connectivity index is 2.17. The molecule has 0 spiro atoms. The van der Waals surface area contributed by atoms with Gasteiger partial charge in [0.05, 0.1) is 13.7 Å². The van der Waals surface area contributed by atoms with Crippen molar-refractivity contribution in [3.63, 3.8) is 0 Å². The predicted molar refractivity (Wildman–Crippen MR) is 91.1 cm³/mol. The van der Waals surface area contributed by atoms with Crippen molar-refractivity contribution in [3.8, 4) is 5.75 Å². The third-order valence-corrected chi connectivity index (χ3v) is 4.34. The lowest BCUT2D eigenvalue weighted by atomic mass is 9.87. The molecule has 1 aliphatic rings. The molecule has 7 heteroatoms. The van der Waals surface area contributed by atoms with Gasteiger partial charge in [0.2, 0.25) is 0 Å². The summed E-state index contributed by atoms with van der Waals surface area (Å²) in [4.78, 5) is 38.0. The number of nitrogens with one attached hydrogen (secondary N) is 1. The molecule has 1 aromatic carbocycles. The van der Waals surface area contributed by atoms with Crippen molar-refractivity contribution >= 4 is 17.9 Å². The molecular formula is C18H24N2O5. The average Bonchev–Trinajstić information content (AvgIpc) is 2.87. The highest BCUT2D eigenvalue weighted by Crippen LogP contribution is 2.33. The number of amides is 3. The first-order chi connectivity index (χ1) is 12.0. The van der Waals surface area contributed by atoms with E-state index in [4.69, 9.17) is 9.47 Å². The van der Waals surface area contributed by atoms with Gasteiger partial charge in [-0.25, -0.2) is 4.79 Å². The SMILES string of the molecule is CCCCOC(=O)CN1C(=O)N[C@](CC)(c2ccc(OC)cc2)C1=O. The lowest BCUT2D eigenvalue weighted by Gasteiger charge is -2.25. The Hall–Kier alpha value is -2.57. The van der Waals surface area contributed by atoms with Gasteiger partial charge in [-0.05, 0) is 30.5 Å². The highest BCUT2D eigenvalue weighted by Gasteiger charge is 2.51. The topological polar surface area (TPSA) is 84.9 Å². The van der Waals surface area contributed by atoms with Gasteiger partial charge in [-0.3, -0.25) is 14.5 Å². The van der Waals surface area contributed by atoms with E-state index in [-0.39, 0.29) is 13.2 Å². The zero-order valence-electron chi connectivity index (χ0n) is 14.8. The first kappa shape index (κ1) is 18.8. The van der Waals surface area contributed by atoms with Crippen LogP contribution in [-0.4, -0.2) is 43.1 Å². The number of esters is 1. The van der Waals surface area contributed by atoms with Crippen molar-refractivity contribution in [1.82, 2.24) is 10.2 Å². The summed E-state index contributed by atoms with van der Waals surface area (Å²) in [6.07, 6.45) is 2.01. The summed E-state index contributed by atoms with van der Waals surface area (Å²) in [7, 11) is 1.55. The van der Waals surface area contributed by atoms with Crippen molar-refractivity contribution in [2.75, 3.05) is 20.3 Å². The van der Waals surface area contributed by atoms with Crippen molar-refractivity contribution in [3.05, 3.63) is 29.8 Å². The molecule has 1 aromatic rings. The molecule has 0 radical (unpaired) electrons. The molecule has 2 rings (SSSR count). The van der Waals surface area contributed by atoms with Crippen molar-refractivity contribution in [1.29, 1.82) is 0 Å². The van der Waals surface area contributed by atoms with Gasteiger partial charge in [0.1, 0.15) is 17.8 Å². The number of carbonyl (C=O) groups excluding carboxylic acids is 3. The Morgan fingerprint density at radius 2 is 1.88 bits per heavy atom. The zero-order chi connectivity index (χ0) is 18.4. The number of hydrogen-bond acceptors (Lipinski definition) is 5. The largest absolute Gasteiger partial charge is 0.497 e. The molecule has 0 unspecified atom stereocenters. The fourth-order valence-electron chi connectivity index (χ4n) is 2.79. The quantitative estimate of drug-likeness (QED) is 0.442. The number of nitrogens with zero attached hydrogens (tertiary/aromatic N) is 1. The number of unbranched alkanes of at least 4 members (excludes halogenated alkanes) is 1. The lowest BCUT2D eigenvalue weighted by molar-refractivity contribution is -0.148. The van der Waals surface area contributed by atoms with Crippen LogP contribution in [0.5, 0.6) is 5.75 Å². The van der Waals surface area contributed by atoms with Crippen LogP contribution in [0.4, 0.5) is 4.79 Å². The molecule has 25 heavy (non-hydrogen) atoms. The van der Waals surface area contributed by atoms with Gasteiger partial charge in [0.25, 0.3) is 5.91 Å². The van der Waals surface area contributed by atoms with Gasteiger partial charge in [-0.1, -0.05) is 32.4 Å². The smallest absolute Gasteiger partial charge is 0.326 e. The second kappa shape index (κ2) is 8.00. The van der Waals surface area contributed by atoms with E-state index < -0.39 is 23.4 Å². The minimum Gasteiger partial charge on any atom is -0.497 e. The van der Waals surface area contributed by atoms with Gasteiger partial charge in [0.15, 0.2) is 0 Å². The molecule has 136 valence electrons. The van der Waals surface area contributed by atoms with Gasteiger partial charge >= 0.3 is 12.0 Å². The fourth-order valence-corrected chi connectivity index (χ4v) is 2.79. The average molecular weight is 348 g/mol. The molecule has 1 atom stereocenters. The van der Waals surface area contributed by atoms with Crippen LogP contribution in [0, 0.1) is 0 Å². The number of carbonyl (C=O) groups is 3. The van der Waals surface area contributed by atoms with Crippen LogP contribution < -0.4 is 10.1 Å². The van der Waals surface area contributed by atoms with E-state index in [1.165, 1.54) is 0 Å². The van der Waals surface area contributed by atoms with Gasteiger partial charge in [-0.15, -0.1) is 0 Å². The molecule has 1 fully saturated rings. The summed E-state index contributed by atoms with van der Waals surface area (Å²) in [5.74, 6) is -0.376. The molecule has 0 bridgehead atoms. The van der Waals surface area contributed by atoms with Gasteiger partial charge < -0.3 is 14.8 Å². The number of hydrogen-bond donors (Lipinski definition) is 1. The molecule has 1 N–H and O–H groups in total. The number of urea groups is 1. The molecule has 0 saturated carbocycles. The Labute approximate surface area is 147 Å². The predicted octanol–water partition coefficient (Wildman–Crippen LogP) is 2.20. The van der Waals surface area contributed by atoms with E-state index in [0.29, 0.717) is 17.7 Å². The van der Waals surface area contributed by atoms with Gasteiger partial charge in [-0.2, -0.15) is 0 Å². The third-order valence-electron chi connectivity index (χ3n) is 4.34. The molecular weight excluding hydrogens is 324 g/mol. The minimum absolute atomic E-state index is 0.288. The highest BCUT2D eigenvalue weighted by molar-refractivity contribution is 6.09. The van der Waals surface area contributed by atoms with Crippen LogP contribution in [-0.2, 0) is 19.9 Å². The standard InChI is InChI=1S/C18H24N2O5/c1-4-6-11-25-15(21)12-20-16(22)18(5-2,19-17(20)23)13-7-9-14(24-3)10-8-13/h7-10H,4-6,11-12H2,1-3H3,(H,19,23)/t18-/m1/s1. The molecule has 1 heterocycles. The minimum atomic E-state index is -1.17. The van der Waals surface area contributed by atoms with E-state index in [2.05, 4.69) is 5.32 Å². The molecule has 1 saturated heterocycles. The number of imide groups is 1. The third kappa shape index (κ3) is 3.75. The van der Waals surface area contributed by atoms with E-state index >= 15 is 0 Å². The van der Waals surface area contributed by atoms with Crippen LogP contribution in [0.2, 0.25) is 0 Å². The first-order valence-corrected chi connectivity index (χ1v) is 8.42. The maximum absolute atomic E-state index is 12.9. The summed E-state index contributed by atoms with van der Waals surface area (Å²) in [5.41, 5.74) is -0.524. The Bertz CT molecular complexity index is 643. The second-order valence-electron chi connectivity index (χ2n) is 5.88. The number of rotatable bonds is 8. The van der Waals surface area contributed by atoms with E-state index in [0.717, 1.165) is 17.7 Å². The molecule has 3 amide bonds. The number of methoxy groups -OCH3 is 1. The van der Waals surface area contributed by atoms with Crippen molar-refractivity contribution in [2.45, 2.75) is 38.6 Å². The molecule has 0 aliphatic carbocycles. The van der Waals surface area contributed by atoms with E-state index in [9.17, 15) is 14.4 Å². The fraction of sp³-hybridized carbons (Fsp3) is 0.500. The van der Waals surface area contributed by atoms with Crippen molar-refractivity contribution < 1.29 is 23.9 Å². The molecule has 7 nitrogen and oxygen atoms in total. The van der Waals surface area contributed by atoms with Crippen LogP contribution in [0.15, 0.2) is 24.3 Å². The lowest BCUT2D eigenvalue weighted by Crippen LogP contribution is -2.44. The van der Waals surface area contributed by atoms with Crippen LogP contribution in [0.1, 0.15) is 38.7 Å². The summed E-state index contributed by atoms with van der Waals surface area (Å²) in [5, 5.41) is 2.73. The van der Waals surface area contributed by atoms with Crippen LogP contribution >= 0.6 is 0 Å². The maximum atomic E-state index is 12.9. The van der Waals surface area contributed by atoms with E-state index in [1.54, 1.807) is 31.4 Å². The number of benzene rings is 1. The van der Waals surface area contributed by atoms with Gasteiger partial charge in [0, 0.05) is 0 Å². The van der Waals surface area contributed by atoms with Crippen LogP contribution in [0.3, 0.4) is 0 Å². The first-order valence-electron chi connectivity index (χ1n) is 8.42. The zero-order valence-corrected chi connectivity index (χ0v) is 14.8. The normalized spacial score (nSPS) is 19.7. The Morgan fingerprint density at radius 3 is 2.44 bits per heavy atom. The highest BCUT2D eigenvalue weighted by atomic mass is 16.5. The summed E-state index contributed by atoms with van der Waals surface area (Å²) < 4.78 is 10.2. The summed E-state index contributed by atoms with van der Waals surface area (Å²) in [6.45, 7) is 3.70. The molecule has 1 aliphatic heterocycles. The summed E-state index contributed by atoms with van der Waals surface area (Å²) >= 11 is 0. The molecule has 0 aromatic heterocycles. The number of ether oxygens (including phenoxy) is 2. The van der Waals surface area contributed by atoms with Crippen LogP contribution in [0.25, 0.3) is 0 Å². The maximum Gasteiger partial charge on any atom is 0.326 e. The Morgan fingerprint density at radius 1 is 1.20 bits per heavy atom. The van der Waals surface area contributed by atoms with Crippen molar-refractivity contribution in [2.24, 2.45) is 0 Å². The van der Waals surface area contributed by atoms with E-state index in [1.807, 2.05) is 13.8 Å². The second-order valence-corrected chi connectivity index (χ2v) is 5.88. The monoisotopic (exact) mass is 348 g/mol. The summed E-state index contributed by atoms with van der Waals surface area (Å²) in [6, 6.07) is 6.35. The Kier molecular flexibility index (Phi) is 6.01.